The third-order valence-corrected chi connectivity index (χ3v) is 6.35. The lowest BCUT2D eigenvalue weighted by Gasteiger charge is -2.13. The third-order valence-electron chi connectivity index (χ3n) is 5.42. The van der Waals surface area contributed by atoms with E-state index in [0.717, 1.165) is 16.8 Å². The number of amides is 1. The van der Waals surface area contributed by atoms with Crippen molar-refractivity contribution >= 4 is 23.9 Å². The first-order valence-electron chi connectivity index (χ1n) is 11.4. The lowest BCUT2D eigenvalue weighted by molar-refractivity contribution is -0.118. The summed E-state index contributed by atoms with van der Waals surface area (Å²) in [6, 6.07) is 21.4. The molecule has 9 nitrogen and oxygen atoms in total. The summed E-state index contributed by atoms with van der Waals surface area (Å²) in [4.78, 5) is 12.6. The summed E-state index contributed by atoms with van der Waals surface area (Å²) in [6.45, 7) is 2.04. The zero-order chi connectivity index (χ0) is 26.2. The molecule has 1 aromatic heterocycles. The summed E-state index contributed by atoms with van der Waals surface area (Å²) in [6.07, 6.45) is 1.49. The van der Waals surface area contributed by atoms with Gasteiger partial charge in [0.2, 0.25) is 5.75 Å². The van der Waals surface area contributed by atoms with E-state index in [1.54, 1.807) is 19.2 Å². The summed E-state index contributed by atoms with van der Waals surface area (Å²) in [5.74, 6) is 1.94. The van der Waals surface area contributed by atoms with Crippen LogP contribution in [0.2, 0.25) is 0 Å². The Morgan fingerprint density at radius 1 is 0.946 bits per heavy atom. The molecule has 1 amide bonds. The molecule has 1 heterocycles. The average molecular weight is 518 g/mol. The van der Waals surface area contributed by atoms with Crippen LogP contribution < -0.4 is 19.6 Å². The van der Waals surface area contributed by atoms with Crippen molar-refractivity contribution < 1.29 is 19.0 Å². The number of thioether (sulfide) groups is 1. The van der Waals surface area contributed by atoms with Gasteiger partial charge in [-0.05, 0) is 31.2 Å². The minimum Gasteiger partial charge on any atom is -0.493 e. The van der Waals surface area contributed by atoms with Crippen LogP contribution in [0.3, 0.4) is 0 Å². The molecule has 0 aliphatic heterocycles. The third kappa shape index (κ3) is 5.92. The van der Waals surface area contributed by atoms with Crippen LogP contribution in [0.15, 0.2) is 77.0 Å². The van der Waals surface area contributed by atoms with Crippen molar-refractivity contribution in [3.8, 4) is 34.3 Å². The van der Waals surface area contributed by atoms with Gasteiger partial charge in [0.15, 0.2) is 22.5 Å². The second-order valence-corrected chi connectivity index (χ2v) is 8.79. The number of para-hydroxylation sites is 1. The molecule has 10 heteroatoms. The van der Waals surface area contributed by atoms with Crippen molar-refractivity contribution in [3.05, 3.63) is 77.9 Å². The molecule has 1 N–H and O–H groups in total. The van der Waals surface area contributed by atoms with Crippen LogP contribution in [0.1, 0.15) is 11.1 Å². The highest BCUT2D eigenvalue weighted by atomic mass is 32.2. The number of ether oxygens (including phenoxy) is 3. The second-order valence-electron chi connectivity index (χ2n) is 7.85. The van der Waals surface area contributed by atoms with Crippen molar-refractivity contribution in [3.63, 3.8) is 0 Å². The van der Waals surface area contributed by atoms with E-state index in [-0.39, 0.29) is 11.7 Å². The number of aromatic nitrogens is 3. The Kier molecular flexibility index (Phi) is 8.42. The Morgan fingerprint density at radius 3 is 2.35 bits per heavy atom. The molecule has 0 fully saturated rings. The number of nitrogens with zero attached hydrogens (tertiary/aromatic N) is 4. The molecule has 0 saturated heterocycles. The molecule has 190 valence electrons. The maximum absolute atomic E-state index is 12.6. The van der Waals surface area contributed by atoms with Crippen LogP contribution in [-0.2, 0) is 4.79 Å². The molecule has 0 aliphatic carbocycles. The number of rotatable bonds is 10. The van der Waals surface area contributed by atoms with E-state index >= 15 is 0 Å². The topological polar surface area (TPSA) is 99.9 Å². The number of carbonyl (C=O) groups excluding carboxylic acids is 1. The molecule has 0 bridgehead atoms. The number of hydrogen-bond acceptors (Lipinski definition) is 8. The maximum Gasteiger partial charge on any atom is 0.250 e. The molecule has 0 unspecified atom stereocenters. The molecule has 0 aliphatic rings. The highest BCUT2D eigenvalue weighted by Crippen LogP contribution is 2.39. The first-order valence-corrected chi connectivity index (χ1v) is 12.4. The Balaban J connectivity index is 1.49. The van der Waals surface area contributed by atoms with Crippen molar-refractivity contribution in [2.24, 2.45) is 5.10 Å². The normalized spacial score (nSPS) is 10.9. The summed E-state index contributed by atoms with van der Waals surface area (Å²) in [7, 11) is 4.60. The molecule has 37 heavy (non-hydrogen) atoms. The summed E-state index contributed by atoms with van der Waals surface area (Å²) >= 11 is 1.28. The van der Waals surface area contributed by atoms with Crippen molar-refractivity contribution in [1.29, 1.82) is 0 Å². The van der Waals surface area contributed by atoms with E-state index < -0.39 is 0 Å². The molecular weight excluding hydrogens is 490 g/mol. The largest absolute Gasteiger partial charge is 0.493 e. The molecule has 0 radical (unpaired) electrons. The van der Waals surface area contributed by atoms with Crippen LogP contribution in [0.4, 0.5) is 0 Å². The van der Waals surface area contributed by atoms with Crippen molar-refractivity contribution in [2.45, 2.75) is 12.1 Å². The van der Waals surface area contributed by atoms with Gasteiger partial charge in [-0.3, -0.25) is 9.36 Å². The van der Waals surface area contributed by atoms with Gasteiger partial charge in [0, 0.05) is 16.8 Å². The average Bonchev–Trinajstić information content (AvgIpc) is 3.36. The fraction of sp³-hybridized carbons (Fsp3) is 0.185. The number of benzene rings is 3. The number of methoxy groups -OCH3 is 3. The Bertz CT molecular complexity index is 1390. The predicted octanol–water partition coefficient (Wildman–Crippen LogP) is 4.51. The van der Waals surface area contributed by atoms with E-state index in [9.17, 15) is 4.79 Å². The number of hydrazone groups is 1. The standard InChI is InChI=1S/C27H27N5O4S/c1-18-10-12-19(13-11-18)26-30-31-27(32(26)21-8-6-5-7-9-21)37-17-23(33)29-28-16-20-14-15-22(34-2)25(36-4)24(20)35-3/h5-16H,17H2,1-4H3,(H,29,33)/b28-16-. The van der Waals surface area contributed by atoms with Crippen LogP contribution >= 0.6 is 11.8 Å². The predicted molar refractivity (Wildman–Crippen MR) is 144 cm³/mol. The van der Waals surface area contributed by atoms with E-state index in [4.69, 9.17) is 14.2 Å². The van der Waals surface area contributed by atoms with E-state index in [1.165, 1.54) is 32.2 Å². The van der Waals surface area contributed by atoms with Gasteiger partial charge in [-0.2, -0.15) is 5.10 Å². The monoisotopic (exact) mass is 517 g/mol. The zero-order valence-electron chi connectivity index (χ0n) is 21.0. The van der Waals surface area contributed by atoms with E-state index in [2.05, 4.69) is 20.7 Å². The molecule has 4 aromatic rings. The lowest BCUT2D eigenvalue weighted by Crippen LogP contribution is -2.20. The maximum atomic E-state index is 12.6. The highest BCUT2D eigenvalue weighted by molar-refractivity contribution is 7.99. The highest BCUT2D eigenvalue weighted by Gasteiger charge is 2.18. The fourth-order valence-electron chi connectivity index (χ4n) is 3.63. The fourth-order valence-corrected chi connectivity index (χ4v) is 4.37. The van der Waals surface area contributed by atoms with Gasteiger partial charge in [-0.25, -0.2) is 5.43 Å². The van der Waals surface area contributed by atoms with Gasteiger partial charge in [0.1, 0.15) is 0 Å². The number of nitrogens with one attached hydrogen (secondary N) is 1. The van der Waals surface area contributed by atoms with Gasteiger partial charge < -0.3 is 14.2 Å². The van der Waals surface area contributed by atoms with Crippen LogP contribution in [0.5, 0.6) is 17.2 Å². The molecule has 0 atom stereocenters. The molecule has 0 saturated carbocycles. The quantitative estimate of drug-likeness (QED) is 0.188. The zero-order valence-corrected chi connectivity index (χ0v) is 21.8. The van der Waals surface area contributed by atoms with Crippen LogP contribution in [0, 0.1) is 6.92 Å². The number of aryl methyl sites for hydroxylation is 1. The van der Waals surface area contributed by atoms with Crippen molar-refractivity contribution in [2.75, 3.05) is 27.1 Å². The van der Waals surface area contributed by atoms with Gasteiger partial charge in [0.25, 0.3) is 5.91 Å². The first-order chi connectivity index (χ1) is 18.0. The second kappa shape index (κ2) is 12.1. The van der Waals surface area contributed by atoms with Gasteiger partial charge in [-0.1, -0.05) is 59.8 Å². The minimum absolute atomic E-state index is 0.0965. The lowest BCUT2D eigenvalue weighted by atomic mass is 10.1. The van der Waals surface area contributed by atoms with Gasteiger partial charge in [0.05, 0.1) is 33.3 Å². The number of carbonyl (C=O) groups is 1. The molecule has 4 rings (SSSR count). The Labute approximate surface area is 219 Å². The van der Waals surface area contributed by atoms with E-state index in [1.807, 2.05) is 66.1 Å². The Hall–Kier alpha value is -4.31. The smallest absolute Gasteiger partial charge is 0.250 e. The molecule has 3 aromatic carbocycles. The van der Waals surface area contributed by atoms with Crippen LogP contribution in [0.25, 0.3) is 17.1 Å². The summed E-state index contributed by atoms with van der Waals surface area (Å²) in [5, 5.41) is 13.5. The summed E-state index contributed by atoms with van der Waals surface area (Å²) in [5.41, 5.74) is 6.18. The SMILES string of the molecule is COc1ccc(/C=N\NC(=O)CSc2nnc(-c3ccc(C)cc3)n2-c2ccccc2)c(OC)c1OC. The molecule has 0 spiro atoms. The Morgan fingerprint density at radius 2 is 1.68 bits per heavy atom. The number of hydrogen-bond donors (Lipinski definition) is 1. The van der Waals surface area contributed by atoms with E-state index in [0.29, 0.717) is 33.8 Å². The van der Waals surface area contributed by atoms with Crippen molar-refractivity contribution in [1.82, 2.24) is 20.2 Å². The van der Waals surface area contributed by atoms with Crippen LogP contribution in [-0.4, -0.2) is 54.0 Å². The summed E-state index contributed by atoms with van der Waals surface area (Å²) < 4.78 is 18.1. The first kappa shape index (κ1) is 25.8. The molecular formula is C27H27N5O4S. The van der Waals surface area contributed by atoms with Gasteiger partial charge >= 0.3 is 0 Å². The van der Waals surface area contributed by atoms with Gasteiger partial charge in [-0.15, -0.1) is 10.2 Å². The minimum atomic E-state index is -0.291.